The number of aryl methyl sites for hydroxylation is 1. The van der Waals surface area contributed by atoms with E-state index in [9.17, 15) is 5.11 Å². The van der Waals surface area contributed by atoms with E-state index in [0.29, 0.717) is 29.2 Å². The standard InChI is InChI=1S/C23H25N3O2S/c1-14-9-16(13-29-14)15-5-6-20(22(27)10-15)21-7-8-23(26-25-21)28-19-11-17-3-2-4-18(12-19)24-17/h5-10,13,17-19,24,27H,2-4,11-12H2,1H3. The Morgan fingerprint density at radius 2 is 1.86 bits per heavy atom. The van der Waals surface area contributed by atoms with E-state index in [2.05, 4.69) is 33.9 Å². The number of aromatic hydroxyl groups is 1. The molecule has 5 rings (SSSR count). The first-order valence-corrected chi connectivity index (χ1v) is 11.2. The van der Waals surface area contributed by atoms with Gasteiger partial charge in [0.15, 0.2) is 0 Å². The summed E-state index contributed by atoms with van der Waals surface area (Å²) in [4.78, 5) is 1.25. The molecule has 2 saturated heterocycles. The molecule has 0 amide bonds. The number of ether oxygens (including phenoxy) is 1. The molecule has 2 unspecified atom stereocenters. The van der Waals surface area contributed by atoms with Gasteiger partial charge in [0.05, 0.1) is 5.69 Å². The number of hydrogen-bond acceptors (Lipinski definition) is 6. The highest BCUT2D eigenvalue weighted by Gasteiger charge is 2.32. The lowest BCUT2D eigenvalue weighted by Crippen LogP contribution is -2.51. The van der Waals surface area contributed by atoms with E-state index in [1.165, 1.54) is 24.1 Å². The fourth-order valence-corrected chi connectivity index (χ4v) is 5.24. The van der Waals surface area contributed by atoms with Gasteiger partial charge >= 0.3 is 0 Å². The molecule has 5 nitrogen and oxygen atoms in total. The Kier molecular flexibility index (Phi) is 4.97. The molecule has 0 spiro atoms. The predicted molar refractivity (Wildman–Crippen MR) is 115 cm³/mol. The molecule has 0 aliphatic carbocycles. The number of nitrogens with zero attached hydrogens (tertiary/aromatic N) is 2. The molecule has 4 heterocycles. The second-order valence-electron chi connectivity index (χ2n) is 8.14. The van der Waals surface area contributed by atoms with E-state index in [0.717, 1.165) is 24.0 Å². The molecular weight excluding hydrogens is 382 g/mol. The summed E-state index contributed by atoms with van der Waals surface area (Å²) in [5, 5.41) is 24.9. The number of thiophene rings is 1. The summed E-state index contributed by atoms with van der Waals surface area (Å²) in [7, 11) is 0. The summed E-state index contributed by atoms with van der Waals surface area (Å²) in [6.45, 7) is 2.08. The number of phenols is 1. The molecule has 2 aromatic heterocycles. The highest BCUT2D eigenvalue weighted by molar-refractivity contribution is 7.10. The van der Waals surface area contributed by atoms with Crippen LogP contribution in [0.2, 0.25) is 0 Å². The van der Waals surface area contributed by atoms with Crippen molar-refractivity contribution >= 4 is 11.3 Å². The molecular formula is C23H25N3O2S. The number of nitrogens with one attached hydrogen (secondary N) is 1. The van der Waals surface area contributed by atoms with Crippen LogP contribution >= 0.6 is 11.3 Å². The molecule has 0 radical (unpaired) electrons. The number of fused-ring (bicyclic) bond motifs is 2. The highest BCUT2D eigenvalue weighted by Crippen LogP contribution is 2.34. The zero-order valence-electron chi connectivity index (χ0n) is 16.5. The molecule has 2 atom stereocenters. The second-order valence-corrected chi connectivity index (χ2v) is 9.25. The van der Waals surface area contributed by atoms with Gasteiger partial charge in [-0.2, -0.15) is 0 Å². The van der Waals surface area contributed by atoms with Gasteiger partial charge in [0, 0.05) is 28.6 Å². The van der Waals surface area contributed by atoms with E-state index in [1.54, 1.807) is 17.4 Å². The van der Waals surface area contributed by atoms with Gasteiger partial charge < -0.3 is 15.2 Å². The van der Waals surface area contributed by atoms with Crippen molar-refractivity contribution in [3.8, 4) is 34.0 Å². The van der Waals surface area contributed by atoms with Crippen molar-refractivity contribution in [3.63, 3.8) is 0 Å². The molecule has 6 heteroatoms. The largest absolute Gasteiger partial charge is 0.507 e. The van der Waals surface area contributed by atoms with Crippen molar-refractivity contribution in [3.05, 3.63) is 46.7 Å². The van der Waals surface area contributed by atoms with Crippen molar-refractivity contribution in [2.24, 2.45) is 0 Å². The van der Waals surface area contributed by atoms with Gasteiger partial charge in [-0.1, -0.05) is 12.5 Å². The predicted octanol–water partition coefficient (Wildman–Crippen LogP) is 4.94. The first-order valence-electron chi connectivity index (χ1n) is 10.3. The monoisotopic (exact) mass is 407 g/mol. The normalized spacial score (nSPS) is 23.7. The molecule has 150 valence electrons. The van der Waals surface area contributed by atoms with Gasteiger partial charge in [0.2, 0.25) is 5.88 Å². The molecule has 2 aliphatic heterocycles. The Hall–Kier alpha value is -2.44. The lowest BCUT2D eigenvalue weighted by Gasteiger charge is -2.39. The van der Waals surface area contributed by atoms with E-state index < -0.39 is 0 Å². The lowest BCUT2D eigenvalue weighted by atomic mass is 9.85. The third-order valence-corrected chi connectivity index (χ3v) is 6.80. The van der Waals surface area contributed by atoms with Crippen LogP contribution in [0.15, 0.2) is 41.8 Å². The maximum atomic E-state index is 10.5. The van der Waals surface area contributed by atoms with Gasteiger partial charge in [-0.3, -0.25) is 0 Å². The van der Waals surface area contributed by atoms with Crippen molar-refractivity contribution < 1.29 is 9.84 Å². The summed E-state index contributed by atoms with van der Waals surface area (Å²) in [5.41, 5.74) is 3.44. The molecule has 2 fully saturated rings. The summed E-state index contributed by atoms with van der Waals surface area (Å²) in [6, 6.07) is 12.7. The van der Waals surface area contributed by atoms with E-state index in [1.807, 2.05) is 24.3 Å². The van der Waals surface area contributed by atoms with Crippen molar-refractivity contribution in [1.82, 2.24) is 15.5 Å². The third-order valence-electron chi connectivity index (χ3n) is 5.94. The van der Waals surface area contributed by atoms with Gasteiger partial charge in [-0.25, -0.2) is 0 Å². The summed E-state index contributed by atoms with van der Waals surface area (Å²) < 4.78 is 6.12. The van der Waals surface area contributed by atoms with Crippen LogP contribution in [0.5, 0.6) is 11.6 Å². The quantitative estimate of drug-likeness (QED) is 0.641. The molecule has 0 saturated carbocycles. The number of hydrogen-bond donors (Lipinski definition) is 2. The third kappa shape index (κ3) is 4.00. The Morgan fingerprint density at radius 3 is 2.52 bits per heavy atom. The summed E-state index contributed by atoms with van der Waals surface area (Å²) in [5.74, 6) is 0.768. The Morgan fingerprint density at radius 1 is 1.03 bits per heavy atom. The van der Waals surface area contributed by atoms with Crippen LogP contribution in [0, 0.1) is 6.92 Å². The van der Waals surface area contributed by atoms with Crippen molar-refractivity contribution in [2.45, 2.75) is 57.2 Å². The smallest absolute Gasteiger partial charge is 0.233 e. The van der Waals surface area contributed by atoms with E-state index >= 15 is 0 Å². The summed E-state index contributed by atoms with van der Waals surface area (Å²) in [6.07, 6.45) is 6.06. The van der Waals surface area contributed by atoms with Gasteiger partial charge in [-0.15, -0.1) is 21.5 Å². The molecule has 2 N–H and O–H groups in total. The number of phenolic OH excluding ortho intramolecular Hbond substituents is 1. The highest BCUT2D eigenvalue weighted by atomic mass is 32.1. The SMILES string of the molecule is Cc1cc(-c2ccc(-c3ccc(OC4CC5CCCC(C4)N5)nn3)c(O)c2)cs1. The minimum absolute atomic E-state index is 0.202. The zero-order valence-corrected chi connectivity index (χ0v) is 17.3. The van der Waals surface area contributed by atoms with Crippen LogP contribution in [0.3, 0.4) is 0 Å². The zero-order chi connectivity index (χ0) is 19.8. The van der Waals surface area contributed by atoms with Crippen molar-refractivity contribution in [1.29, 1.82) is 0 Å². The fraction of sp³-hybridized carbons (Fsp3) is 0.391. The minimum atomic E-state index is 0.202. The van der Waals surface area contributed by atoms with Crippen LogP contribution < -0.4 is 10.1 Å². The molecule has 3 aromatic rings. The minimum Gasteiger partial charge on any atom is -0.507 e. The molecule has 2 bridgehead atoms. The maximum absolute atomic E-state index is 10.5. The van der Waals surface area contributed by atoms with Crippen LogP contribution in [-0.2, 0) is 0 Å². The van der Waals surface area contributed by atoms with Gasteiger partial charge in [-0.05, 0) is 73.4 Å². The van der Waals surface area contributed by atoms with Crippen molar-refractivity contribution in [2.75, 3.05) is 0 Å². The van der Waals surface area contributed by atoms with Gasteiger partial charge in [0.25, 0.3) is 0 Å². The van der Waals surface area contributed by atoms with Crippen LogP contribution in [0.1, 0.15) is 37.0 Å². The second kappa shape index (κ2) is 7.76. The first kappa shape index (κ1) is 18.6. The topological polar surface area (TPSA) is 67.3 Å². The molecule has 1 aromatic carbocycles. The van der Waals surface area contributed by atoms with Crippen LogP contribution in [-0.4, -0.2) is 33.5 Å². The molecule has 29 heavy (non-hydrogen) atoms. The number of rotatable bonds is 4. The van der Waals surface area contributed by atoms with Crippen LogP contribution in [0.4, 0.5) is 0 Å². The number of aromatic nitrogens is 2. The Bertz CT molecular complexity index is 990. The fourth-order valence-electron chi connectivity index (χ4n) is 4.53. The van der Waals surface area contributed by atoms with Gasteiger partial charge in [0.1, 0.15) is 11.9 Å². The number of benzene rings is 1. The first-order chi connectivity index (χ1) is 14.1. The maximum Gasteiger partial charge on any atom is 0.233 e. The average molecular weight is 408 g/mol. The van der Waals surface area contributed by atoms with E-state index in [4.69, 9.17) is 4.74 Å². The average Bonchev–Trinajstić information content (AvgIpc) is 3.15. The van der Waals surface area contributed by atoms with Crippen LogP contribution in [0.25, 0.3) is 22.4 Å². The summed E-state index contributed by atoms with van der Waals surface area (Å²) >= 11 is 1.70. The Labute approximate surface area is 174 Å². The Balaban J connectivity index is 1.30. The lowest BCUT2D eigenvalue weighted by molar-refractivity contribution is 0.0881. The molecule has 2 aliphatic rings. The van der Waals surface area contributed by atoms with E-state index in [-0.39, 0.29) is 11.9 Å². The number of piperidine rings is 2.